The molecule has 0 aliphatic heterocycles. The lowest BCUT2D eigenvalue weighted by atomic mass is 9.99. The maximum Gasteiger partial charge on any atom is 0.263 e. The molecule has 3 aromatic heterocycles. The number of rotatable bonds is 5. The molecule has 1 atom stereocenters. The van der Waals surface area contributed by atoms with Gasteiger partial charge in [-0.15, -0.1) is 0 Å². The first-order valence-electron chi connectivity index (χ1n) is 11.1. The molecular formula is C27H21N7O. The number of hydrogen-bond acceptors (Lipinski definition) is 6. The lowest BCUT2D eigenvalue weighted by Crippen LogP contribution is -2.26. The van der Waals surface area contributed by atoms with Crippen LogP contribution in [-0.2, 0) is 0 Å². The van der Waals surface area contributed by atoms with Crippen molar-refractivity contribution in [2.24, 2.45) is 0 Å². The van der Waals surface area contributed by atoms with Gasteiger partial charge in [0.25, 0.3) is 5.56 Å². The van der Waals surface area contributed by atoms with Gasteiger partial charge in [-0.1, -0.05) is 36.4 Å². The van der Waals surface area contributed by atoms with Gasteiger partial charge in [0.2, 0.25) is 5.69 Å². The van der Waals surface area contributed by atoms with Crippen molar-refractivity contribution < 1.29 is 0 Å². The number of anilines is 1. The summed E-state index contributed by atoms with van der Waals surface area (Å²) in [4.78, 5) is 26.2. The first-order valence-corrected chi connectivity index (χ1v) is 11.1. The molecule has 0 bridgehead atoms. The zero-order chi connectivity index (χ0) is 24.4. The Morgan fingerprint density at radius 1 is 1.03 bits per heavy atom. The molecule has 5 aromatic rings. The fourth-order valence-corrected chi connectivity index (χ4v) is 4.17. The molecule has 0 aliphatic rings. The molecule has 2 aromatic carbocycles. The first kappa shape index (κ1) is 21.9. The average molecular weight is 460 g/mol. The van der Waals surface area contributed by atoms with Gasteiger partial charge >= 0.3 is 0 Å². The normalized spacial score (nSPS) is 11.7. The van der Waals surface area contributed by atoms with E-state index in [1.54, 1.807) is 23.9 Å². The van der Waals surface area contributed by atoms with Gasteiger partial charge in [-0.3, -0.25) is 14.3 Å². The van der Waals surface area contributed by atoms with Crippen LogP contribution in [0.2, 0.25) is 0 Å². The minimum Gasteiger partial charge on any atom is -0.371 e. The largest absolute Gasteiger partial charge is 0.371 e. The van der Waals surface area contributed by atoms with Gasteiger partial charge in [-0.2, -0.15) is 10.2 Å². The molecule has 35 heavy (non-hydrogen) atoms. The molecule has 0 fully saturated rings. The van der Waals surface area contributed by atoms with Gasteiger partial charge in [0.05, 0.1) is 30.4 Å². The van der Waals surface area contributed by atoms with E-state index in [4.69, 9.17) is 6.57 Å². The minimum absolute atomic E-state index is 0.144. The summed E-state index contributed by atoms with van der Waals surface area (Å²) in [6, 6.07) is 18.8. The number of para-hydroxylation sites is 1. The summed E-state index contributed by atoms with van der Waals surface area (Å²) < 4.78 is 1.71. The van der Waals surface area contributed by atoms with Crippen LogP contribution in [0.5, 0.6) is 0 Å². The second-order valence-electron chi connectivity index (χ2n) is 8.08. The van der Waals surface area contributed by atoms with E-state index in [1.165, 1.54) is 6.20 Å². The molecule has 8 heteroatoms. The van der Waals surface area contributed by atoms with E-state index < -0.39 is 0 Å². The maximum absolute atomic E-state index is 14.1. The van der Waals surface area contributed by atoms with E-state index in [0.29, 0.717) is 22.7 Å². The van der Waals surface area contributed by atoms with E-state index in [9.17, 15) is 4.79 Å². The number of nitrogens with one attached hydrogen (secondary N) is 1. The van der Waals surface area contributed by atoms with Crippen molar-refractivity contribution in [1.29, 1.82) is 0 Å². The summed E-state index contributed by atoms with van der Waals surface area (Å²) >= 11 is 0. The third-order valence-electron chi connectivity index (χ3n) is 5.79. The highest BCUT2D eigenvalue weighted by molar-refractivity contribution is 5.96. The van der Waals surface area contributed by atoms with Gasteiger partial charge < -0.3 is 5.32 Å². The third-order valence-corrected chi connectivity index (χ3v) is 5.79. The number of nitrogens with zero attached hydrogens (tertiary/aromatic N) is 6. The number of hydrogen-bond donors (Lipinski definition) is 1. The Balaban J connectivity index is 1.75. The summed E-state index contributed by atoms with van der Waals surface area (Å²) in [6.07, 6.45) is 4.77. The van der Waals surface area contributed by atoms with E-state index in [-0.39, 0.29) is 11.6 Å². The Morgan fingerprint density at radius 3 is 2.60 bits per heavy atom. The van der Waals surface area contributed by atoms with Crippen LogP contribution in [0.1, 0.15) is 24.5 Å². The van der Waals surface area contributed by atoms with Crippen LogP contribution in [0.25, 0.3) is 32.4 Å². The molecule has 5 rings (SSSR count). The molecule has 0 unspecified atom stereocenters. The number of benzene rings is 2. The standard InChI is InChI=1S/C27H21N7O/c1-17(32-26-23(28-3)16-29-18(2)33-26)24-14-19-8-7-11-22(20-12-13-30-31-15-20)25(19)27(35)34(24)21-9-5-4-6-10-21/h4-17H,1-2H3,(H,29,32,33)/t17-/m0/s1. The van der Waals surface area contributed by atoms with Crippen LogP contribution in [0.4, 0.5) is 11.5 Å². The van der Waals surface area contributed by atoms with Crippen molar-refractivity contribution in [3.63, 3.8) is 0 Å². The Kier molecular flexibility index (Phi) is 5.73. The smallest absolute Gasteiger partial charge is 0.263 e. The zero-order valence-electron chi connectivity index (χ0n) is 19.2. The lowest BCUT2D eigenvalue weighted by molar-refractivity contribution is 0.772. The number of fused-ring (bicyclic) bond motifs is 1. The van der Waals surface area contributed by atoms with Crippen LogP contribution < -0.4 is 10.9 Å². The fraction of sp³-hybridized carbons (Fsp3) is 0.111. The van der Waals surface area contributed by atoms with Crippen molar-refractivity contribution in [2.45, 2.75) is 19.9 Å². The average Bonchev–Trinajstić information content (AvgIpc) is 2.89. The molecule has 170 valence electrons. The molecule has 8 nitrogen and oxygen atoms in total. The minimum atomic E-state index is -0.339. The van der Waals surface area contributed by atoms with E-state index in [2.05, 4.69) is 30.3 Å². The van der Waals surface area contributed by atoms with E-state index in [0.717, 1.165) is 27.9 Å². The molecular weight excluding hydrogens is 438 g/mol. The van der Waals surface area contributed by atoms with Crippen molar-refractivity contribution in [3.8, 4) is 16.8 Å². The second kappa shape index (κ2) is 9.15. The van der Waals surface area contributed by atoms with Crippen LogP contribution in [0.15, 0.2) is 84.0 Å². The maximum atomic E-state index is 14.1. The summed E-state index contributed by atoms with van der Waals surface area (Å²) in [5, 5.41) is 12.6. The monoisotopic (exact) mass is 459 g/mol. The van der Waals surface area contributed by atoms with Crippen molar-refractivity contribution in [3.05, 3.63) is 113 Å². The highest BCUT2D eigenvalue weighted by Gasteiger charge is 2.20. The van der Waals surface area contributed by atoms with Crippen LogP contribution in [-0.4, -0.2) is 24.7 Å². The Bertz CT molecular complexity index is 1620. The van der Waals surface area contributed by atoms with Gasteiger partial charge in [0.15, 0.2) is 0 Å². The third kappa shape index (κ3) is 4.11. The Labute approximate surface area is 201 Å². The quantitative estimate of drug-likeness (QED) is 0.360. The highest BCUT2D eigenvalue weighted by Crippen LogP contribution is 2.31. The molecule has 0 amide bonds. The van der Waals surface area contributed by atoms with Crippen LogP contribution in [0, 0.1) is 13.5 Å². The Hall–Kier alpha value is -4.90. The zero-order valence-corrected chi connectivity index (χ0v) is 19.2. The number of aromatic nitrogens is 5. The van der Waals surface area contributed by atoms with Crippen LogP contribution in [0.3, 0.4) is 0 Å². The van der Waals surface area contributed by atoms with Gasteiger partial charge in [0, 0.05) is 23.1 Å². The molecule has 0 saturated carbocycles. The van der Waals surface area contributed by atoms with E-state index in [1.807, 2.05) is 67.6 Å². The predicted molar refractivity (Wildman–Crippen MR) is 136 cm³/mol. The number of pyridine rings is 1. The summed E-state index contributed by atoms with van der Waals surface area (Å²) in [5.41, 5.74) is 3.28. The highest BCUT2D eigenvalue weighted by atomic mass is 16.1. The summed E-state index contributed by atoms with van der Waals surface area (Å²) in [5.74, 6) is 0.991. The number of aryl methyl sites for hydroxylation is 1. The van der Waals surface area contributed by atoms with Crippen molar-refractivity contribution >= 4 is 22.3 Å². The Morgan fingerprint density at radius 2 is 1.86 bits per heavy atom. The summed E-state index contributed by atoms with van der Waals surface area (Å²) in [6.45, 7) is 11.2. The fourth-order valence-electron chi connectivity index (χ4n) is 4.17. The van der Waals surface area contributed by atoms with Gasteiger partial charge in [0.1, 0.15) is 11.6 Å². The van der Waals surface area contributed by atoms with E-state index >= 15 is 0 Å². The molecule has 0 radical (unpaired) electrons. The van der Waals surface area contributed by atoms with Crippen molar-refractivity contribution in [1.82, 2.24) is 24.7 Å². The summed E-state index contributed by atoms with van der Waals surface area (Å²) in [7, 11) is 0. The van der Waals surface area contributed by atoms with Gasteiger partial charge in [-0.05, 0) is 49.1 Å². The molecule has 0 spiro atoms. The topological polar surface area (TPSA) is 90.0 Å². The predicted octanol–water partition coefficient (Wildman–Crippen LogP) is 5.27. The molecule has 0 saturated heterocycles. The first-order chi connectivity index (χ1) is 17.1. The van der Waals surface area contributed by atoms with Gasteiger partial charge in [-0.25, -0.2) is 9.83 Å². The molecule has 3 heterocycles. The van der Waals surface area contributed by atoms with Crippen molar-refractivity contribution in [2.75, 3.05) is 5.32 Å². The lowest BCUT2D eigenvalue weighted by Gasteiger charge is -2.22. The molecule has 0 aliphatic carbocycles. The van der Waals surface area contributed by atoms with Crippen LogP contribution >= 0.6 is 0 Å². The SMILES string of the molecule is [C-]#[N+]c1cnc(C)nc1N[C@@H](C)c1cc2cccc(-c3ccnnc3)c2c(=O)n1-c1ccccc1. The second-order valence-corrected chi connectivity index (χ2v) is 8.08. The molecule has 1 N–H and O–H groups in total.